The number of aliphatic hydroxyl groups is 1. The summed E-state index contributed by atoms with van der Waals surface area (Å²) >= 11 is 0. The molecule has 0 aliphatic heterocycles. The van der Waals surface area contributed by atoms with Crippen LogP contribution in [0.4, 0.5) is 0 Å². The molecule has 0 heterocycles. The number of nitrogens with two attached hydrogens (primary N) is 2. The van der Waals surface area contributed by atoms with Gasteiger partial charge in [0.1, 0.15) is 0 Å². The van der Waals surface area contributed by atoms with Crippen LogP contribution in [0.1, 0.15) is 20.8 Å². The highest BCUT2D eigenvalue weighted by Gasteiger charge is 2.20. The molecule has 14 heavy (non-hydrogen) atoms. The van der Waals surface area contributed by atoms with Crippen molar-refractivity contribution in [3.8, 4) is 0 Å². The predicted octanol–water partition coefficient (Wildman–Crippen LogP) is -1.11. The molecule has 0 saturated carbocycles. The number of carbonyl (C=O) groups excluding carboxylic acids is 1. The lowest BCUT2D eigenvalue weighted by molar-refractivity contribution is -0.119. The van der Waals surface area contributed by atoms with Crippen molar-refractivity contribution in [2.75, 3.05) is 19.6 Å². The molecule has 0 spiro atoms. The van der Waals surface area contributed by atoms with E-state index in [2.05, 4.69) is 0 Å². The Hall–Kier alpha value is -0.650. The zero-order chi connectivity index (χ0) is 11.4. The molecule has 0 saturated heterocycles. The molecule has 0 rings (SSSR count). The molecule has 1 atom stereocenters. The monoisotopic (exact) mass is 203 g/mol. The van der Waals surface area contributed by atoms with Crippen molar-refractivity contribution in [2.24, 2.45) is 11.5 Å². The van der Waals surface area contributed by atoms with E-state index in [1.807, 2.05) is 11.8 Å². The molecule has 0 aromatic rings. The predicted molar refractivity (Wildman–Crippen MR) is 55.6 cm³/mol. The van der Waals surface area contributed by atoms with Gasteiger partial charge in [0.15, 0.2) is 0 Å². The van der Waals surface area contributed by atoms with E-state index in [0.29, 0.717) is 13.1 Å². The van der Waals surface area contributed by atoms with E-state index in [4.69, 9.17) is 11.5 Å². The molecule has 1 amide bonds. The van der Waals surface area contributed by atoms with E-state index in [1.165, 1.54) is 0 Å². The summed E-state index contributed by atoms with van der Waals surface area (Å²) in [5, 5.41) is 9.57. The highest BCUT2D eigenvalue weighted by Crippen LogP contribution is 2.04. The van der Waals surface area contributed by atoms with E-state index in [9.17, 15) is 9.90 Å². The Balaban J connectivity index is 4.10. The lowest BCUT2D eigenvalue weighted by Gasteiger charge is -2.29. The summed E-state index contributed by atoms with van der Waals surface area (Å²) < 4.78 is 0. The Kier molecular flexibility index (Phi) is 5.04. The van der Waals surface area contributed by atoms with Gasteiger partial charge < -0.3 is 16.6 Å². The second kappa shape index (κ2) is 5.29. The summed E-state index contributed by atoms with van der Waals surface area (Å²) in [5.74, 6) is -0.515. The Morgan fingerprint density at radius 1 is 1.57 bits per heavy atom. The van der Waals surface area contributed by atoms with Crippen LogP contribution < -0.4 is 11.5 Å². The highest BCUT2D eigenvalue weighted by molar-refractivity contribution is 5.79. The van der Waals surface area contributed by atoms with Crippen LogP contribution in [0.3, 0.4) is 0 Å². The van der Waals surface area contributed by atoms with Gasteiger partial charge in [-0.25, -0.2) is 0 Å². The minimum Gasteiger partial charge on any atom is -0.389 e. The number of amides is 1. The summed E-state index contributed by atoms with van der Waals surface area (Å²) in [6.07, 6.45) is 0. The topological polar surface area (TPSA) is 92.6 Å². The van der Waals surface area contributed by atoms with Crippen LogP contribution in [0, 0.1) is 0 Å². The van der Waals surface area contributed by atoms with Crippen molar-refractivity contribution in [2.45, 2.75) is 32.4 Å². The van der Waals surface area contributed by atoms with E-state index in [1.54, 1.807) is 13.8 Å². The van der Waals surface area contributed by atoms with Gasteiger partial charge in [0.05, 0.1) is 11.6 Å². The van der Waals surface area contributed by atoms with Crippen molar-refractivity contribution < 1.29 is 9.90 Å². The van der Waals surface area contributed by atoms with Crippen LogP contribution in [0.5, 0.6) is 0 Å². The summed E-state index contributed by atoms with van der Waals surface area (Å²) in [4.78, 5) is 12.6. The Bertz CT molecular complexity index is 189. The Labute approximate surface area is 85.1 Å². The molecule has 0 aliphatic carbocycles. The third-order valence-electron chi connectivity index (χ3n) is 1.88. The number of hydrogen-bond donors (Lipinski definition) is 3. The smallest absolute Gasteiger partial charge is 0.235 e. The molecule has 0 radical (unpaired) electrons. The van der Waals surface area contributed by atoms with Crippen molar-refractivity contribution in [3.05, 3.63) is 0 Å². The van der Waals surface area contributed by atoms with E-state index in [0.717, 1.165) is 6.54 Å². The van der Waals surface area contributed by atoms with Crippen LogP contribution in [0.15, 0.2) is 0 Å². The third-order valence-corrected chi connectivity index (χ3v) is 1.88. The molecule has 5 heteroatoms. The third kappa shape index (κ3) is 5.90. The number of hydrogen-bond acceptors (Lipinski definition) is 4. The molecule has 0 bridgehead atoms. The molecule has 1 unspecified atom stereocenters. The molecule has 84 valence electrons. The maximum Gasteiger partial charge on any atom is 0.235 e. The van der Waals surface area contributed by atoms with Gasteiger partial charge in [-0.3, -0.25) is 9.69 Å². The van der Waals surface area contributed by atoms with Crippen LogP contribution in [0.25, 0.3) is 0 Å². The number of nitrogens with zero attached hydrogens (tertiary/aromatic N) is 1. The van der Waals surface area contributed by atoms with Gasteiger partial charge in [-0.1, -0.05) is 6.92 Å². The first-order valence-corrected chi connectivity index (χ1v) is 4.76. The van der Waals surface area contributed by atoms with Crippen LogP contribution >= 0.6 is 0 Å². The Morgan fingerprint density at radius 2 is 2.07 bits per heavy atom. The van der Waals surface area contributed by atoms with Crippen molar-refractivity contribution in [3.63, 3.8) is 0 Å². The SMILES string of the molecule is CCN(CC(N)C(N)=O)CC(C)(C)O. The zero-order valence-electron chi connectivity index (χ0n) is 9.16. The van der Waals surface area contributed by atoms with Gasteiger partial charge in [0.2, 0.25) is 5.91 Å². The van der Waals surface area contributed by atoms with Crippen molar-refractivity contribution >= 4 is 5.91 Å². The number of rotatable bonds is 6. The fourth-order valence-electron chi connectivity index (χ4n) is 1.22. The molecule has 0 aromatic carbocycles. The molecule has 5 N–H and O–H groups in total. The Morgan fingerprint density at radius 3 is 2.36 bits per heavy atom. The minimum absolute atomic E-state index is 0.385. The second-order valence-corrected chi connectivity index (χ2v) is 4.15. The number of likely N-dealkylation sites (N-methyl/N-ethyl adjacent to an activating group) is 1. The van der Waals surface area contributed by atoms with Crippen molar-refractivity contribution in [1.82, 2.24) is 4.90 Å². The fourth-order valence-corrected chi connectivity index (χ4v) is 1.22. The number of carbonyl (C=O) groups is 1. The maximum absolute atomic E-state index is 10.7. The van der Waals surface area contributed by atoms with E-state index >= 15 is 0 Å². The first-order chi connectivity index (χ1) is 6.26. The molecular weight excluding hydrogens is 182 g/mol. The fraction of sp³-hybridized carbons (Fsp3) is 0.889. The molecule has 5 nitrogen and oxygen atoms in total. The van der Waals surface area contributed by atoms with Crippen LogP contribution in [-0.2, 0) is 4.79 Å². The molecule has 0 fully saturated rings. The van der Waals surface area contributed by atoms with E-state index in [-0.39, 0.29) is 0 Å². The van der Waals surface area contributed by atoms with Crippen molar-refractivity contribution in [1.29, 1.82) is 0 Å². The van der Waals surface area contributed by atoms with Gasteiger partial charge in [0.25, 0.3) is 0 Å². The van der Waals surface area contributed by atoms with Gasteiger partial charge >= 0.3 is 0 Å². The van der Waals surface area contributed by atoms with Crippen LogP contribution in [0.2, 0.25) is 0 Å². The lowest BCUT2D eigenvalue weighted by atomic mass is 10.1. The number of primary amides is 1. The summed E-state index contributed by atoms with van der Waals surface area (Å²) in [5.41, 5.74) is 9.78. The van der Waals surface area contributed by atoms with Crippen LogP contribution in [-0.4, -0.2) is 47.2 Å². The minimum atomic E-state index is -0.784. The normalized spacial score (nSPS) is 14.4. The zero-order valence-corrected chi connectivity index (χ0v) is 9.16. The van der Waals surface area contributed by atoms with E-state index < -0.39 is 17.6 Å². The average molecular weight is 203 g/mol. The average Bonchev–Trinajstić information content (AvgIpc) is 2.00. The molecule has 0 aliphatic rings. The van der Waals surface area contributed by atoms with Gasteiger partial charge in [-0.15, -0.1) is 0 Å². The first-order valence-electron chi connectivity index (χ1n) is 4.76. The maximum atomic E-state index is 10.7. The molecule has 0 aromatic heterocycles. The standard InChI is InChI=1S/C9H21N3O2/c1-4-12(6-9(2,3)14)5-7(10)8(11)13/h7,14H,4-6,10H2,1-3H3,(H2,11,13). The largest absolute Gasteiger partial charge is 0.389 e. The molecular formula is C9H21N3O2. The van der Waals surface area contributed by atoms with Gasteiger partial charge in [-0.2, -0.15) is 0 Å². The first kappa shape index (κ1) is 13.4. The lowest BCUT2D eigenvalue weighted by Crippen LogP contribution is -2.49. The van der Waals surface area contributed by atoms with Gasteiger partial charge in [-0.05, 0) is 20.4 Å². The highest BCUT2D eigenvalue weighted by atomic mass is 16.3. The quantitative estimate of drug-likeness (QED) is 0.510. The summed E-state index contributed by atoms with van der Waals surface area (Å²) in [6.45, 7) is 6.96. The van der Waals surface area contributed by atoms with Gasteiger partial charge in [0, 0.05) is 13.1 Å². The second-order valence-electron chi connectivity index (χ2n) is 4.15. The summed E-state index contributed by atoms with van der Waals surface area (Å²) in [7, 11) is 0. The summed E-state index contributed by atoms with van der Waals surface area (Å²) in [6, 6.07) is -0.669.